The molecule has 146 valence electrons. The van der Waals surface area contributed by atoms with Gasteiger partial charge in [0.2, 0.25) is 0 Å². The maximum Gasteiger partial charge on any atom is 0.147 e. The van der Waals surface area contributed by atoms with Gasteiger partial charge in [0.1, 0.15) is 39.3 Å². The third-order valence-corrected chi connectivity index (χ3v) is 5.55. The molecular formula is C18H24N4O4S. The zero-order valence-corrected chi connectivity index (χ0v) is 16.5. The second-order valence-electron chi connectivity index (χ2n) is 6.65. The summed E-state index contributed by atoms with van der Waals surface area (Å²) in [6, 6.07) is 7.34. The summed E-state index contributed by atoms with van der Waals surface area (Å²) in [7, 11) is 0.226. The minimum atomic E-state index is -2.97. The van der Waals surface area contributed by atoms with Gasteiger partial charge in [0.15, 0.2) is 0 Å². The summed E-state index contributed by atoms with van der Waals surface area (Å²) >= 11 is 0. The summed E-state index contributed by atoms with van der Waals surface area (Å²) in [5, 5.41) is 3.23. The van der Waals surface area contributed by atoms with E-state index in [1.165, 1.54) is 12.6 Å². The van der Waals surface area contributed by atoms with Crippen LogP contribution in [0.2, 0.25) is 0 Å². The van der Waals surface area contributed by atoms with Crippen molar-refractivity contribution in [2.45, 2.75) is 6.42 Å². The molecule has 0 bridgehead atoms. The van der Waals surface area contributed by atoms with E-state index in [0.717, 1.165) is 24.5 Å². The van der Waals surface area contributed by atoms with Gasteiger partial charge in [-0.15, -0.1) is 0 Å². The van der Waals surface area contributed by atoms with Crippen LogP contribution in [0.25, 0.3) is 0 Å². The summed E-state index contributed by atoms with van der Waals surface area (Å²) in [4.78, 5) is 10.7. The van der Waals surface area contributed by atoms with Crippen LogP contribution in [-0.4, -0.2) is 57.7 Å². The van der Waals surface area contributed by atoms with E-state index in [4.69, 9.17) is 9.47 Å². The lowest BCUT2D eigenvalue weighted by atomic mass is 10.2. The predicted molar refractivity (Wildman–Crippen MR) is 105 cm³/mol. The van der Waals surface area contributed by atoms with Crippen molar-refractivity contribution >= 4 is 27.2 Å². The summed E-state index contributed by atoms with van der Waals surface area (Å²) in [5.41, 5.74) is 0.763. The molecular weight excluding hydrogens is 368 g/mol. The molecule has 2 heterocycles. The number of aromatic nitrogens is 2. The molecule has 1 N–H and O–H groups in total. The third kappa shape index (κ3) is 5.00. The molecule has 3 rings (SSSR count). The molecule has 1 unspecified atom stereocenters. The highest BCUT2D eigenvalue weighted by atomic mass is 32.2. The predicted octanol–water partition coefficient (Wildman–Crippen LogP) is 2.11. The van der Waals surface area contributed by atoms with Crippen molar-refractivity contribution in [2.24, 2.45) is 5.92 Å². The molecule has 1 atom stereocenters. The molecule has 1 fully saturated rings. The minimum Gasteiger partial charge on any atom is -0.497 e. The van der Waals surface area contributed by atoms with Crippen molar-refractivity contribution in [3.05, 3.63) is 30.6 Å². The Kier molecular flexibility index (Phi) is 5.69. The number of hydrogen-bond acceptors (Lipinski definition) is 8. The van der Waals surface area contributed by atoms with Gasteiger partial charge >= 0.3 is 0 Å². The first-order valence-corrected chi connectivity index (χ1v) is 10.7. The van der Waals surface area contributed by atoms with Gasteiger partial charge < -0.3 is 19.7 Å². The topological polar surface area (TPSA) is 93.7 Å². The molecule has 2 aromatic rings. The van der Waals surface area contributed by atoms with E-state index in [9.17, 15) is 8.42 Å². The molecule has 0 amide bonds. The van der Waals surface area contributed by atoms with Crippen LogP contribution in [-0.2, 0) is 9.84 Å². The Morgan fingerprint density at radius 2 is 2.04 bits per heavy atom. The molecule has 0 radical (unpaired) electrons. The fourth-order valence-electron chi connectivity index (χ4n) is 3.23. The number of ether oxygens (including phenoxy) is 2. The van der Waals surface area contributed by atoms with Gasteiger partial charge in [-0.25, -0.2) is 18.4 Å². The minimum absolute atomic E-state index is 0.132. The number of methoxy groups -OCH3 is 2. The van der Waals surface area contributed by atoms with Crippen LogP contribution in [0, 0.1) is 5.92 Å². The van der Waals surface area contributed by atoms with E-state index >= 15 is 0 Å². The Morgan fingerprint density at radius 3 is 2.74 bits per heavy atom. The highest BCUT2D eigenvalue weighted by molar-refractivity contribution is 7.90. The van der Waals surface area contributed by atoms with Crippen molar-refractivity contribution in [3.8, 4) is 11.5 Å². The SMILES string of the molecule is COc1ccc(Nc2cc(N3CCC(CS(C)(=O)=O)C3)ncn2)c(OC)c1. The van der Waals surface area contributed by atoms with E-state index in [-0.39, 0.29) is 11.7 Å². The number of benzene rings is 1. The maximum atomic E-state index is 11.5. The number of sulfone groups is 1. The normalized spacial score (nSPS) is 17.0. The monoisotopic (exact) mass is 392 g/mol. The molecule has 0 spiro atoms. The van der Waals surface area contributed by atoms with Crippen LogP contribution >= 0.6 is 0 Å². The summed E-state index contributed by atoms with van der Waals surface area (Å²) < 4.78 is 33.6. The number of nitrogens with zero attached hydrogens (tertiary/aromatic N) is 3. The molecule has 1 aliphatic rings. The Bertz CT molecular complexity index is 904. The smallest absolute Gasteiger partial charge is 0.147 e. The number of hydrogen-bond donors (Lipinski definition) is 1. The summed E-state index contributed by atoms with van der Waals surface area (Å²) in [6.45, 7) is 1.46. The standard InChI is InChI=1S/C18H24N4O4S/c1-25-14-4-5-15(16(8-14)26-2)21-17-9-18(20-12-19-17)22-7-6-13(10-22)11-27(3,23)24/h4-5,8-9,12-13H,6-7,10-11H2,1-3H3,(H,19,20,21). The van der Waals surface area contributed by atoms with Gasteiger partial charge in [0.25, 0.3) is 0 Å². The number of rotatable bonds is 7. The van der Waals surface area contributed by atoms with Crippen molar-refractivity contribution in [1.82, 2.24) is 9.97 Å². The average molecular weight is 392 g/mol. The molecule has 1 saturated heterocycles. The van der Waals surface area contributed by atoms with Gasteiger partial charge in [0.05, 0.1) is 25.7 Å². The highest BCUT2D eigenvalue weighted by Crippen LogP contribution is 2.32. The Hall–Kier alpha value is -2.55. The molecule has 1 aromatic carbocycles. The van der Waals surface area contributed by atoms with Crippen LogP contribution in [0.1, 0.15) is 6.42 Å². The van der Waals surface area contributed by atoms with E-state index < -0.39 is 9.84 Å². The van der Waals surface area contributed by atoms with Crippen LogP contribution in [0.4, 0.5) is 17.3 Å². The zero-order chi connectivity index (χ0) is 19.4. The molecule has 8 nitrogen and oxygen atoms in total. The first kappa shape index (κ1) is 19.2. The second-order valence-corrected chi connectivity index (χ2v) is 8.83. The lowest BCUT2D eigenvalue weighted by Crippen LogP contribution is -2.23. The lowest BCUT2D eigenvalue weighted by molar-refractivity contribution is 0.395. The molecule has 9 heteroatoms. The van der Waals surface area contributed by atoms with Crippen molar-refractivity contribution in [2.75, 3.05) is 49.5 Å². The third-order valence-electron chi connectivity index (χ3n) is 4.47. The molecule has 1 aromatic heterocycles. The van der Waals surface area contributed by atoms with Gasteiger partial charge in [-0.1, -0.05) is 0 Å². The van der Waals surface area contributed by atoms with Crippen molar-refractivity contribution < 1.29 is 17.9 Å². The van der Waals surface area contributed by atoms with Crippen LogP contribution < -0.4 is 19.7 Å². The Balaban J connectivity index is 1.73. The lowest BCUT2D eigenvalue weighted by Gasteiger charge is -2.18. The fraction of sp³-hybridized carbons (Fsp3) is 0.444. The Labute approximate surface area is 159 Å². The van der Waals surface area contributed by atoms with E-state index in [0.29, 0.717) is 23.9 Å². The number of anilines is 3. The average Bonchev–Trinajstić information content (AvgIpc) is 3.09. The molecule has 0 saturated carbocycles. The molecule has 0 aliphatic carbocycles. The summed E-state index contributed by atoms with van der Waals surface area (Å²) in [6.07, 6.45) is 3.62. The first-order chi connectivity index (χ1) is 12.9. The van der Waals surface area contributed by atoms with E-state index in [1.54, 1.807) is 20.3 Å². The molecule has 27 heavy (non-hydrogen) atoms. The van der Waals surface area contributed by atoms with E-state index in [1.807, 2.05) is 18.2 Å². The quantitative estimate of drug-likeness (QED) is 0.766. The fourth-order valence-corrected chi connectivity index (χ4v) is 4.36. The maximum absolute atomic E-state index is 11.5. The number of nitrogens with one attached hydrogen (secondary N) is 1. The summed E-state index contributed by atoms with van der Waals surface area (Å²) in [5.74, 6) is 3.10. The Morgan fingerprint density at radius 1 is 1.22 bits per heavy atom. The van der Waals surface area contributed by atoms with Crippen molar-refractivity contribution in [3.63, 3.8) is 0 Å². The zero-order valence-electron chi connectivity index (χ0n) is 15.7. The van der Waals surface area contributed by atoms with Gasteiger partial charge in [-0.3, -0.25) is 0 Å². The van der Waals surface area contributed by atoms with Gasteiger partial charge in [0, 0.05) is 31.5 Å². The van der Waals surface area contributed by atoms with Gasteiger partial charge in [-0.05, 0) is 24.5 Å². The molecule has 1 aliphatic heterocycles. The first-order valence-electron chi connectivity index (χ1n) is 8.61. The van der Waals surface area contributed by atoms with Crippen LogP contribution in [0.15, 0.2) is 30.6 Å². The van der Waals surface area contributed by atoms with Crippen LogP contribution in [0.5, 0.6) is 11.5 Å². The second kappa shape index (κ2) is 7.99. The van der Waals surface area contributed by atoms with Gasteiger partial charge in [-0.2, -0.15) is 0 Å². The van der Waals surface area contributed by atoms with E-state index in [2.05, 4.69) is 20.2 Å². The highest BCUT2D eigenvalue weighted by Gasteiger charge is 2.26. The largest absolute Gasteiger partial charge is 0.497 e. The van der Waals surface area contributed by atoms with Crippen LogP contribution in [0.3, 0.4) is 0 Å². The van der Waals surface area contributed by atoms with Crippen molar-refractivity contribution in [1.29, 1.82) is 0 Å².